The maximum Gasteiger partial charge on any atom is 0.331 e. The van der Waals surface area contributed by atoms with Crippen LogP contribution in [0.5, 0.6) is 0 Å². The molecule has 0 aliphatic rings. The SMILES string of the molecule is CCc1ccccc1C(=O)c1ccc2c(c1)c1cc(C(=O)/C(CCSc3ccc(Br)cc3)=N/OC(C)=O)ccc1n2CC. The van der Waals surface area contributed by atoms with Crippen molar-refractivity contribution in [3.8, 4) is 0 Å². The maximum absolute atomic E-state index is 13.7. The van der Waals surface area contributed by atoms with E-state index in [1.54, 1.807) is 17.8 Å². The predicted octanol–water partition coefficient (Wildman–Crippen LogP) is 8.65. The summed E-state index contributed by atoms with van der Waals surface area (Å²) in [6.07, 6.45) is 1.08. The van der Waals surface area contributed by atoms with E-state index in [2.05, 4.69) is 32.6 Å². The van der Waals surface area contributed by atoms with Gasteiger partial charge < -0.3 is 9.40 Å². The molecule has 0 atom stereocenters. The topological polar surface area (TPSA) is 77.7 Å². The van der Waals surface area contributed by atoms with Crippen LogP contribution in [-0.4, -0.2) is 33.6 Å². The van der Waals surface area contributed by atoms with E-state index in [0.717, 1.165) is 49.7 Å². The normalized spacial score (nSPS) is 11.7. The van der Waals surface area contributed by atoms with Gasteiger partial charge in [0.25, 0.3) is 0 Å². The molecule has 0 N–H and O–H groups in total. The van der Waals surface area contributed by atoms with Crippen molar-refractivity contribution in [2.24, 2.45) is 5.16 Å². The molecule has 5 aromatic rings. The van der Waals surface area contributed by atoms with Crippen molar-refractivity contribution < 1.29 is 19.2 Å². The third kappa shape index (κ3) is 6.65. The minimum atomic E-state index is -0.589. The number of ketones is 2. The molecular weight excluding hydrogens is 624 g/mol. The van der Waals surface area contributed by atoms with E-state index in [1.165, 1.54) is 6.92 Å². The Morgan fingerprint density at radius 2 is 1.51 bits per heavy atom. The van der Waals surface area contributed by atoms with E-state index in [4.69, 9.17) is 4.84 Å². The number of nitrogens with zero attached hydrogens (tertiary/aromatic N) is 2. The first-order valence-corrected chi connectivity index (χ1v) is 15.9. The predicted molar refractivity (Wildman–Crippen MR) is 177 cm³/mol. The van der Waals surface area contributed by atoms with E-state index in [1.807, 2.05) is 85.8 Å². The van der Waals surface area contributed by atoms with Crippen LogP contribution < -0.4 is 0 Å². The van der Waals surface area contributed by atoms with Crippen molar-refractivity contribution >= 4 is 72.7 Å². The van der Waals surface area contributed by atoms with E-state index >= 15 is 0 Å². The van der Waals surface area contributed by atoms with E-state index in [9.17, 15) is 14.4 Å². The van der Waals surface area contributed by atoms with Gasteiger partial charge in [0, 0.05) is 73.5 Å². The van der Waals surface area contributed by atoms with Crippen LogP contribution in [0.2, 0.25) is 0 Å². The molecule has 0 saturated carbocycles. The number of thioether (sulfide) groups is 1. The number of oxime groups is 1. The third-order valence-corrected chi connectivity index (χ3v) is 8.86. The molecule has 1 aromatic heterocycles. The molecule has 0 fully saturated rings. The van der Waals surface area contributed by atoms with Crippen LogP contribution in [0.15, 0.2) is 99.5 Å². The van der Waals surface area contributed by atoms with E-state index < -0.39 is 5.97 Å². The van der Waals surface area contributed by atoms with Crippen LogP contribution in [0.1, 0.15) is 59.0 Å². The number of rotatable bonds is 11. The molecule has 0 bridgehead atoms. The Labute approximate surface area is 263 Å². The highest BCUT2D eigenvalue weighted by molar-refractivity contribution is 9.10. The molecule has 0 radical (unpaired) electrons. The third-order valence-electron chi connectivity index (χ3n) is 7.32. The number of halogens is 1. The molecule has 8 heteroatoms. The van der Waals surface area contributed by atoms with E-state index in [0.29, 0.717) is 28.9 Å². The van der Waals surface area contributed by atoms with Gasteiger partial charge in [0.05, 0.1) is 0 Å². The van der Waals surface area contributed by atoms with Crippen LogP contribution in [0.25, 0.3) is 21.8 Å². The summed E-state index contributed by atoms with van der Waals surface area (Å²) in [6, 6.07) is 27.0. The number of benzene rings is 4. The molecule has 1 heterocycles. The highest BCUT2D eigenvalue weighted by Crippen LogP contribution is 2.32. The summed E-state index contributed by atoms with van der Waals surface area (Å²) in [7, 11) is 0. The number of Topliss-reactive ketones (excluding diaryl/α,β-unsaturated/α-hetero) is 1. The van der Waals surface area contributed by atoms with Gasteiger partial charge >= 0.3 is 5.97 Å². The lowest BCUT2D eigenvalue weighted by atomic mass is 9.96. The molecule has 4 aromatic carbocycles. The minimum absolute atomic E-state index is 0.0249. The van der Waals surface area contributed by atoms with E-state index in [-0.39, 0.29) is 17.3 Å². The van der Waals surface area contributed by atoms with Gasteiger partial charge in [-0.05, 0) is 79.6 Å². The highest BCUT2D eigenvalue weighted by Gasteiger charge is 2.20. The van der Waals surface area contributed by atoms with Crippen molar-refractivity contribution in [3.05, 3.63) is 112 Å². The number of carbonyl (C=O) groups is 3. The summed E-state index contributed by atoms with van der Waals surface area (Å²) in [6.45, 7) is 6.10. The van der Waals surface area contributed by atoms with Gasteiger partial charge in [-0.2, -0.15) is 0 Å². The monoisotopic (exact) mass is 654 g/mol. The molecule has 5 rings (SSSR count). The first kappa shape index (κ1) is 30.4. The fraction of sp³-hybridized carbons (Fsp3) is 0.200. The van der Waals surface area contributed by atoms with Crippen molar-refractivity contribution in [2.45, 2.75) is 45.1 Å². The first-order chi connectivity index (χ1) is 20.8. The molecule has 0 aliphatic carbocycles. The van der Waals surface area contributed by atoms with Crippen LogP contribution in [0.4, 0.5) is 0 Å². The second-order valence-corrected chi connectivity index (χ2v) is 12.1. The lowest BCUT2D eigenvalue weighted by molar-refractivity contribution is -0.140. The number of carbonyl (C=O) groups excluding carboxylic acids is 3. The van der Waals surface area contributed by atoms with Gasteiger partial charge in [0.15, 0.2) is 5.78 Å². The second-order valence-electron chi connectivity index (χ2n) is 10.1. The Hall–Kier alpha value is -4.01. The second kappa shape index (κ2) is 13.5. The molecule has 6 nitrogen and oxygen atoms in total. The fourth-order valence-electron chi connectivity index (χ4n) is 5.22. The molecule has 0 spiro atoms. The fourth-order valence-corrected chi connectivity index (χ4v) is 6.34. The zero-order valence-corrected chi connectivity index (χ0v) is 26.6. The Morgan fingerprint density at radius 1 is 0.860 bits per heavy atom. The first-order valence-electron chi connectivity index (χ1n) is 14.2. The standard InChI is InChI=1S/C35H31BrN2O4S/c1-4-23-8-6-7-9-28(23)34(40)24-10-16-32-29(20-24)30-21-25(11-17-33(30)38(32)5-2)35(41)31(37-42-22(3)39)18-19-43-27-14-12-26(36)13-15-27/h6-17,20-21H,4-5,18-19H2,1-3H3/b37-31+. The Bertz CT molecular complexity index is 1870. The zero-order chi connectivity index (χ0) is 30.5. The number of aryl methyl sites for hydroxylation is 2. The molecule has 0 unspecified atom stereocenters. The van der Waals surface area contributed by atoms with Gasteiger partial charge in [0.2, 0.25) is 5.78 Å². The molecule has 43 heavy (non-hydrogen) atoms. The summed E-state index contributed by atoms with van der Waals surface area (Å²) >= 11 is 5.03. The summed E-state index contributed by atoms with van der Waals surface area (Å²) in [4.78, 5) is 44.8. The number of hydrogen-bond acceptors (Lipinski definition) is 6. The van der Waals surface area contributed by atoms with Crippen molar-refractivity contribution in [3.63, 3.8) is 0 Å². The van der Waals surface area contributed by atoms with Gasteiger partial charge in [0.1, 0.15) is 5.71 Å². The molecule has 0 saturated heterocycles. The van der Waals surface area contributed by atoms with Crippen molar-refractivity contribution in [1.82, 2.24) is 4.57 Å². The Balaban J connectivity index is 1.50. The zero-order valence-electron chi connectivity index (χ0n) is 24.2. The molecule has 0 aliphatic heterocycles. The highest BCUT2D eigenvalue weighted by atomic mass is 79.9. The maximum atomic E-state index is 13.7. The van der Waals surface area contributed by atoms with Crippen LogP contribution in [-0.2, 0) is 22.6 Å². The molecular formula is C35H31BrN2O4S. The summed E-state index contributed by atoms with van der Waals surface area (Å²) in [5, 5.41) is 5.71. The van der Waals surface area contributed by atoms with Gasteiger partial charge in [-0.3, -0.25) is 9.59 Å². The number of fused-ring (bicyclic) bond motifs is 3. The summed E-state index contributed by atoms with van der Waals surface area (Å²) in [5.74, 6) is -0.339. The average molecular weight is 656 g/mol. The number of hydrogen-bond donors (Lipinski definition) is 0. The molecule has 0 amide bonds. The largest absolute Gasteiger partial charge is 0.341 e. The lowest BCUT2D eigenvalue weighted by Crippen LogP contribution is -2.16. The van der Waals surface area contributed by atoms with Crippen LogP contribution >= 0.6 is 27.7 Å². The van der Waals surface area contributed by atoms with Crippen molar-refractivity contribution in [2.75, 3.05) is 5.75 Å². The summed E-state index contributed by atoms with van der Waals surface area (Å²) in [5.41, 5.74) is 4.88. The lowest BCUT2D eigenvalue weighted by Gasteiger charge is -2.07. The van der Waals surface area contributed by atoms with Gasteiger partial charge in [-0.1, -0.05) is 52.3 Å². The molecule has 218 valence electrons. The average Bonchev–Trinajstić information content (AvgIpc) is 3.34. The Kier molecular flexibility index (Phi) is 9.58. The number of aromatic nitrogens is 1. The van der Waals surface area contributed by atoms with Gasteiger partial charge in [-0.15, -0.1) is 11.8 Å². The van der Waals surface area contributed by atoms with Crippen LogP contribution in [0.3, 0.4) is 0 Å². The van der Waals surface area contributed by atoms with Crippen molar-refractivity contribution in [1.29, 1.82) is 0 Å². The summed E-state index contributed by atoms with van der Waals surface area (Å²) < 4.78 is 3.17. The quantitative estimate of drug-likeness (QED) is 0.0468. The minimum Gasteiger partial charge on any atom is -0.341 e. The smallest absolute Gasteiger partial charge is 0.331 e. The Morgan fingerprint density at radius 3 is 2.16 bits per heavy atom. The van der Waals surface area contributed by atoms with Crippen LogP contribution in [0, 0.1) is 0 Å². The van der Waals surface area contributed by atoms with Gasteiger partial charge in [-0.25, -0.2) is 4.79 Å².